The van der Waals surface area contributed by atoms with Gasteiger partial charge in [0.2, 0.25) is 5.89 Å². The third-order valence-corrected chi connectivity index (χ3v) is 2.59. The van der Waals surface area contributed by atoms with E-state index in [0.29, 0.717) is 11.6 Å². The van der Waals surface area contributed by atoms with Gasteiger partial charge in [-0.15, -0.1) is 11.8 Å². The molecule has 72 valence electrons. The summed E-state index contributed by atoms with van der Waals surface area (Å²) in [5, 5.41) is 3.51. The first-order valence-electron chi connectivity index (χ1n) is 4.10. The fourth-order valence-corrected chi connectivity index (χ4v) is 1.75. The second kappa shape index (κ2) is 4.15. The largest absolute Gasteiger partial charge is 0.365 e. The summed E-state index contributed by atoms with van der Waals surface area (Å²) in [5.74, 6) is 1.39. The highest BCUT2D eigenvalue weighted by Gasteiger charge is 2.03. The van der Waals surface area contributed by atoms with Gasteiger partial charge in [0.05, 0.1) is 5.75 Å². The van der Waals surface area contributed by atoms with E-state index in [4.69, 9.17) is 10.3 Å². The number of aromatic nitrogens is 2. The zero-order valence-electron chi connectivity index (χ0n) is 7.38. The van der Waals surface area contributed by atoms with Gasteiger partial charge in [0.15, 0.2) is 0 Å². The maximum absolute atomic E-state index is 5.32. The molecule has 0 fully saturated rings. The van der Waals surface area contributed by atoms with Gasteiger partial charge >= 0.3 is 0 Å². The summed E-state index contributed by atoms with van der Waals surface area (Å²) in [4.78, 5) is 5.08. The van der Waals surface area contributed by atoms with Crippen molar-refractivity contribution >= 4 is 17.7 Å². The van der Waals surface area contributed by atoms with Gasteiger partial charge in [-0.05, 0) is 17.3 Å². The molecule has 0 saturated carbocycles. The molecular weight excluding hydrogens is 198 g/mol. The van der Waals surface area contributed by atoms with E-state index >= 15 is 0 Å². The Morgan fingerprint density at radius 2 is 2.07 bits per heavy atom. The number of hydrogen-bond donors (Lipinski definition) is 1. The fourth-order valence-electron chi connectivity index (χ4n) is 0.988. The van der Waals surface area contributed by atoms with Crippen molar-refractivity contribution in [3.8, 4) is 0 Å². The standard InChI is InChI=1S/C9H9N3OS/c10-9-11-8(13-12-9)6-14-7-4-2-1-3-5-7/h1-5H,6H2,(H2,10,12). The first-order chi connectivity index (χ1) is 6.84. The molecule has 2 rings (SSSR count). The van der Waals surface area contributed by atoms with Crippen LogP contribution in [0.25, 0.3) is 0 Å². The molecule has 0 spiro atoms. The molecular formula is C9H9N3OS. The number of nitrogens with two attached hydrogens (primary N) is 1. The Hall–Kier alpha value is -1.49. The normalized spacial score (nSPS) is 10.3. The Labute approximate surface area is 85.5 Å². The lowest BCUT2D eigenvalue weighted by molar-refractivity contribution is 0.392. The molecule has 0 bridgehead atoms. The van der Waals surface area contributed by atoms with Crippen molar-refractivity contribution in [2.45, 2.75) is 10.6 Å². The fraction of sp³-hybridized carbons (Fsp3) is 0.111. The molecule has 2 N–H and O–H groups in total. The molecule has 1 heterocycles. The Morgan fingerprint density at radius 1 is 1.29 bits per heavy atom. The lowest BCUT2D eigenvalue weighted by Crippen LogP contribution is -1.86. The first-order valence-corrected chi connectivity index (χ1v) is 5.09. The average Bonchev–Trinajstić information content (AvgIpc) is 2.63. The Morgan fingerprint density at radius 3 is 2.71 bits per heavy atom. The van der Waals surface area contributed by atoms with E-state index in [1.165, 1.54) is 4.90 Å². The lowest BCUT2D eigenvalue weighted by atomic mass is 10.4. The summed E-state index contributed by atoms with van der Waals surface area (Å²) >= 11 is 1.64. The quantitative estimate of drug-likeness (QED) is 0.779. The van der Waals surface area contributed by atoms with Crippen molar-refractivity contribution in [1.82, 2.24) is 10.1 Å². The molecule has 1 aromatic heterocycles. The summed E-state index contributed by atoms with van der Waals surface area (Å²) in [6.45, 7) is 0. The van der Waals surface area contributed by atoms with Crippen LogP contribution in [0, 0.1) is 0 Å². The van der Waals surface area contributed by atoms with Crippen molar-refractivity contribution in [3.63, 3.8) is 0 Å². The molecule has 0 saturated heterocycles. The van der Waals surface area contributed by atoms with E-state index in [1.54, 1.807) is 11.8 Å². The van der Waals surface area contributed by atoms with Crippen LogP contribution in [0.3, 0.4) is 0 Å². The van der Waals surface area contributed by atoms with E-state index < -0.39 is 0 Å². The molecule has 0 aliphatic carbocycles. The SMILES string of the molecule is Nc1noc(CSc2ccccc2)n1. The molecule has 0 aliphatic rings. The average molecular weight is 207 g/mol. The monoisotopic (exact) mass is 207 g/mol. The number of thioether (sulfide) groups is 1. The summed E-state index contributed by atoms with van der Waals surface area (Å²) in [6, 6.07) is 10.0. The Kier molecular flexibility index (Phi) is 2.69. The van der Waals surface area contributed by atoms with Crippen LogP contribution in [-0.2, 0) is 5.75 Å². The zero-order valence-corrected chi connectivity index (χ0v) is 8.20. The van der Waals surface area contributed by atoms with Crippen LogP contribution < -0.4 is 5.73 Å². The minimum absolute atomic E-state index is 0.189. The second-order valence-electron chi connectivity index (χ2n) is 2.65. The predicted molar refractivity (Wildman–Crippen MR) is 54.7 cm³/mol. The molecule has 5 heteroatoms. The predicted octanol–water partition coefficient (Wildman–Crippen LogP) is 1.94. The van der Waals surface area contributed by atoms with Crippen LogP contribution in [0.4, 0.5) is 5.95 Å². The van der Waals surface area contributed by atoms with Gasteiger partial charge in [0, 0.05) is 4.90 Å². The maximum Gasteiger partial charge on any atom is 0.260 e. The van der Waals surface area contributed by atoms with E-state index in [2.05, 4.69) is 10.1 Å². The highest BCUT2D eigenvalue weighted by Crippen LogP contribution is 2.21. The lowest BCUT2D eigenvalue weighted by Gasteiger charge is -1.95. The van der Waals surface area contributed by atoms with Gasteiger partial charge in [-0.1, -0.05) is 18.2 Å². The van der Waals surface area contributed by atoms with E-state index in [1.807, 2.05) is 30.3 Å². The third kappa shape index (κ3) is 2.26. The number of nitrogens with zero attached hydrogens (tertiary/aromatic N) is 2. The van der Waals surface area contributed by atoms with Gasteiger partial charge in [0.25, 0.3) is 5.95 Å². The topological polar surface area (TPSA) is 64.9 Å². The maximum atomic E-state index is 5.32. The molecule has 0 unspecified atom stereocenters. The smallest absolute Gasteiger partial charge is 0.260 e. The second-order valence-corrected chi connectivity index (χ2v) is 3.70. The third-order valence-electron chi connectivity index (χ3n) is 1.59. The molecule has 0 radical (unpaired) electrons. The van der Waals surface area contributed by atoms with Crippen LogP contribution in [0.15, 0.2) is 39.8 Å². The number of nitrogen functional groups attached to an aromatic ring is 1. The van der Waals surface area contributed by atoms with Crippen molar-refractivity contribution in [2.24, 2.45) is 0 Å². The minimum atomic E-state index is 0.189. The first kappa shape index (κ1) is 9.08. The molecule has 0 amide bonds. The molecule has 14 heavy (non-hydrogen) atoms. The molecule has 4 nitrogen and oxygen atoms in total. The summed E-state index contributed by atoms with van der Waals surface area (Å²) in [5.41, 5.74) is 5.32. The van der Waals surface area contributed by atoms with Gasteiger partial charge in [-0.25, -0.2) is 0 Å². The summed E-state index contributed by atoms with van der Waals surface area (Å²) < 4.78 is 4.88. The van der Waals surface area contributed by atoms with Gasteiger partial charge < -0.3 is 10.3 Å². The van der Waals surface area contributed by atoms with Crippen molar-refractivity contribution < 1.29 is 4.52 Å². The zero-order chi connectivity index (χ0) is 9.80. The van der Waals surface area contributed by atoms with Crippen molar-refractivity contribution in [3.05, 3.63) is 36.2 Å². The molecule has 0 aliphatic heterocycles. The van der Waals surface area contributed by atoms with Gasteiger partial charge in [0.1, 0.15) is 0 Å². The number of hydrogen-bond acceptors (Lipinski definition) is 5. The Balaban J connectivity index is 1.95. The number of anilines is 1. The van der Waals surface area contributed by atoms with Crippen LogP contribution >= 0.6 is 11.8 Å². The van der Waals surface area contributed by atoms with Crippen molar-refractivity contribution in [1.29, 1.82) is 0 Å². The molecule has 0 atom stereocenters. The highest BCUT2D eigenvalue weighted by molar-refractivity contribution is 7.98. The number of rotatable bonds is 3. The van der Waals surface area contributed by atoms with Gasteiger partial charge in [-0.2, -0.15) is 4.98 Å². The van der Waals surface area contributed by atoms with Crippen molar-refractivity contribution in [2.75, 3.05) is 5.73 Å². The minimum Gasteiger partial charge on any atom is -0.365 e. The van der Waals surface area contributed by atoms with Crippen LogP contribution in [0.5, 0.6) is 0 Å². The summed E-state index contributed by atoms with van der Waals surface area (Å²) in [6.07, 6.45) is 0. The van der Waals surface area contributed by atoms with Crippen LogP contribution in [-0.4, -0.2) is 10.1 Å². The van der Waals surface area contributed by atoms with E-state index in [-0.39, 0.29) is 5.95 Å². The molecule has 1 aromatic carbocycles. The van der Waals surface area contributed by atoms with Crippen LogP contribution in [0.2, 0.25) is 0 Å². The Bertz CT molecular complexity index is 401. The van der Waals surface area contributed by atoms with E-state index in [9.17, 15) is 0 Å². The van der Waals surface area contributed by atoms with Gasteiger partial charge in [-0.3, -0.25) is 0 Å². The molecule has 2 aromatic rings. The van der Waals surface area contributed by atoms with E-state index in [0.717, 1.165) is 0 Å². The number of benzene rings is 1. The van der Waals surface area contributed by atoms with Crippen LogP contribution in [0.1, 0.15) is 5.89 Å². The summed E-state index contributed by atoms with van der Waals surface area (Å²) in [7, 11) is 0. The highest BCUT2D eigenvalue weighted by atomic mass is 32.2.